The average Bonchev–Trinajstić information content (AvgIpc) is 2.71. The van der Waals surface area contributed by atoms with E-state index in [4.69, 9.17) is 0 Å². The Bertz CT molecular complexity index is 507. The highest BCUT2D eigenvalue weighted by Gasteiger charge is 2.21. The molecule has 2 N–H and O–H groups in total. The molecular formula is C12H20N2O3S. The summed E-state index contributed by atoms with van der Waals surface area (Å²) in [5, 5.41) is 9.84. The van der Waals surface area contributed by atoms with Gasteiger partial charge in [-0.3, -0.25) is 0 Å². The van der Waals surface area contributed by atoms with Gasteiger partial charge in [-0.05, 0) is 25.3 Å². The average molecular weight is 272 g/mol. The number of fused-ring (bicyclic) bond motifs is 1. The maximum atomic E-state index is 11.6. The van der Waals surface area contributed by atoms with Crippen LogP contribution in [0.15, 0.2) is 12.3 Å². The summed E-state index contributed by atoms with van der Waals surface area (Å²) in [7, 11) is -3.18. The van der Waals surface area contributed by atoms with Gasteiger partial charge in [-0.1, -0.05) is 6.92 Å². The Morgan fingerprint density at radius 1 is 1.56 bits per heavy atom. The number of rotatable bonds is 5. The number of nitrogens with zero attached hydrogens (tertiary/aromatic N) is 1. The Morgan fingerprint density at radius 3 is 3.06 bits per heavy atom. The van der Waals surface area contributed by atoms with Crippen LogP contribution < -0.4 is 4.72 Å². The van der Waals surface area contributed by atoms with Crippen LogP contribution in [0.2, 0.25) is 0 Å². The van der Waals surface area contributed by atoms with Crippen molar-refractivity contribution in [3.63, 3.8) is 0 Å². The molecule has 1 aliphatic rings. The molecule has 1 aromatic rings. The van der Waals surface area contributed by atoms with Crippen molar-refractivity contribution >= 4 is 10.0 Å². The number of sulfonamides is 1. The van der Waals surface area contributed by atoms with Gasteiger partial charge in [0.1, 0.15) is 0 Å². The van der Waals surface area contributed by atoms with Crippen LogP contribution in [0.3, 0.4) is 0 Å². The minimum absolute atomic E-state index is 0.0814. The lowest BCUT2D eigenvalue weighted by molar-refractivity contribution is 0.155. The van der Waals surface area contributed by atoms with Crippen molar-refractivity contribution in [2.75, 3.05) is 12.3 Å². The lowest BCUT2D eigenvalue weighted by Crippen LogP contribution is -2.28. The molecule has 0 aromatic carbocycles. The molecule has 0 aliphatic heterocycles. The zero-order chi connectivity index (χ0) is 13.2. The molecule has 102 valence electrons. The molecule has 18 heavy (non-hydrogen) atoms. The summed E-state index contributed by atoms with van der Waals surface area (Å²) >= 11 is 0. The highest BCUT2D eigenvalue weighted by Crippen LogP contribution is 2.30. The minimum Gasteiger partial charge on any atom is -0.388 e. The lowest BCUT2D eigenvalue weighted by Gasteiger charge is -2.20. The summed E-state index contributed by atoms with van der Waals surface area (Å²) in [6.45, 7) is 2.63. The number of aliphatic hydroxyl groups excluding tert-OH is 1. The molecule has 0 saturated carbocycles. The minimum atomic E-state index is -3.18. The number of aryl methyl sites for hydroxylation is 1. The maximum Gasteiger partial charge on any atom is 0.213 e. The molecule has 2 rings (SSSR count). The predicted octanol–water partition coefficient (Wildman–Crippen LogP) is 0.797. The highest BCUT2D eigenvalue weighted by atomic mass is 32.2. The second kappa shape index (κ2) is 5.42. The van der Waals surface area contributed by atoms with Crippen LogP contribution >= 0.6 is 0 Å². The van der Waals surface area contributed by atoms with Gasteiger partial charge in [-0.25, -0.2) is 13.1 Å². The number of aliphatic hydroxyl groups is 1. The van der Waals surface area contributed by atoms with Gasteiger partial charge in [0.15, 0.2) is 0 Å². The first kappa shape index (κ1) is 13.6. The molecule has 0 fully saturated rings. The fraction of sp³-hybridized carbons (Fsp3) is 0.667. The van der Waals surface area contributed by atoms with E-state index >= 15 is 0 Å². The summed E-state index contributed by atoms with van der Waals surface area (Å²) in [5.41, 5.74) is 2.04. The van der Waals surface area contributed by atoms with Crippen molar-refractivity contribution in [1.82, 2.24) is 9.29 Å². The van der Waals surface area contributed by atoms with Gasteiger partial charge in [0.2, 0.25) is 10.0 Å². The van der Waals surface area contributed by atoms with Crippen molar-refractivity contribution in [3.8, 4) is 0 Å². The van der Waals surface area contributed by atoms with Gasteiger partial charge < -0.3 is 9.67 Å². The SMILES string of the molecule is CCNS(=O)(=O)CCn1ccc2c1CCCC2O. The van der Waals surface area contributed by atoms with E-state index in [1.807, 2.05) is 16.8 Å². The molecule has 1 aliphatic carbocycles. The van der Waals surface area contributed by atoms with Gasteiger partial charge >= 0.3 is 0 Å². The zero-order valence-corrected chi connectivity index (χ0v) is 11.4. The molecule has 6 heteroatoms. The van der Waals surface area contributed by atoms with Crippen molar-refractivity contribution in [2.45, 2.75) is 38.8 Å². The van der Waals surface area contributed by atoms with E-state index in [2.05, 4.69) is 4.72 Å². The van der Waals surface area contributed by atoms with Crippen molar-refractivity contribution in [2.24, 2.45) is 0 Å². The Kier molecular flexibility index (Phi) is 4.09. The number of nitrogens with one attached hydrogen (secondary N) is 1. The monoisotopic (exact) mass is 272 g/mol. The largest absolute Gasteiger partial charge is 0.388 e. The molecule has 1 unspecified atom stereocenters. The van der Waals surface area contributed by atoms with E-state index in [9.17, 15) is 13.5 Å². The van der Waals surface area contributed by atoms with Crippen LogP contribution in [0.5, 0.6) is 0 Å². The Hall–Kier alpha value is -0.850. The topological polar surface area (TPSA) is 71.3 Å². The maximum absolute atomic E-state index is 11.6. The summed E-state index contributed by atoms with van der Waals surface area (Å²) < 4.78 is 27.6. The van der Waals surface area contributed by atoms with E-state index in [1.54, 1.807) is 6.92 Å². The molecule has 1 heterocycles. The van der Waals surface area contributed by atoms with Crippen LogP contribution in [0.1, 0.15) is 37.1 Å². The van der Waals surface area contributed by atoms with Gasteiger partial charge in [0.05, 0.1) is 11.9 Å². The van der Waals surface area contributed by atoms with Gasteiger partial charge in [0.25, 0.3) is 0 Å². The molecule has 0 saturated heterocycles. The van der Waals surface area contributed by atoms with Crippen LogP contribution in [0.4, 0.5) is 0 Å². The molecule has 5 nitrogen and oxygen atoms in total. The van der Waals surface area contributed by atoms with Crippen LogP contribution in [0.25, 0.3) is 0 Å². The van der Waals surface area contributed by atoms with Crippen molar-refractivity contribution < 1.29 is 13.5 Å². The summed E-state index contributed by atoms with van der Waals surface area (Å²) in [6, 6.07) is 1.90. The fourth-order valence-corrected chi connectivity index (χ4v) is 3.47. The number of aromatic nitrogens is 1. The van der Waals surface area contributed by atoms with Crippen LogP contribution in [-0.4, -0.2) is 30.4 Å². The highest BCUT2D eigenvalue weighted by molar-refractivity contribution is 7.89. The third-order valence-electron chi connectivity index (χ3n) is 3.33. The Labute approximate surface area is 108 Å². The van der Waals surface area contributed by atoms with E-state index in [1.165, 1.54) is 0 Å². The van der Waals surface area contributed by atoms with E-state index in [0.29, 0.717) is 13.1 Å². The quantitative estimate of drug-likeness (QED) is 0.832. The zero-order valence-electron chi connectivity index (χ0n) is 10.6. The summed E-state index contributed by atoms with van der Waals surface area (Å²) in [5.74, 6) is 0.0814. The third kappa shape index (κ3) is 2.93. The van der Waals surface area contributed by atoms with Gasteiger partial charge in [-0.15, -0.1) is 0 Å². The van der Waals surface area contributed by atoms with E-state index in [-0.39, 0.29) is 11.9 Å². The normalized spacial score (nSPS) is 19.8. The van der Waals surface area contributed by atoms with Crippen molar-refractivity contribution in [1.29, 1.82) is 0 Å². The van der Waals surface area contributed by atoms with Gasteiger partial charge in [0, 0.05) is 30.5 Å². The van der Waals surface area contributed by atoms with Crippen LogP contribution in [0, 0.1) is 0 Å². The second-order valence-corrected chi connectivity index (χ2v) is 6.56. The first-order valence-corrected chi connectivity index (χ1v) is 8.02. The van der Waals surface area contributed by atoms with Crippen molar-refractivity contribution in [3.05, 3.63) is 23.5 Å². The standard InChI is InChI=1S/C12H20N2O3S/c1-2-13-18(16,17)9-8-14-7-6-10-11(14)4-3-5-12(10)15/h6-7,12-13,15H,2-5,8-9H2,1H3. The first-order valence-electron chi connectivity index (χ1n) is 6.37. The second-order valence-electron chi connectivity index (χ2n) is 4.64. The van der Waals surface area contributed by atoms with Gasteiger partial charge in [-0.2, -0.15) is 0 Å². The fourth-order valence-electron chi connectivity index (χ4n) is 2.45. The Morgan fingerprint density at radius 2 is 2.33 bits per heavy atom. The number of hydrogen-bond acceptors (Lipinski definition) is 3. The molecule has 0 bridgehead atoms. The van der Waals surface area contributed by atoms with Crippen LogP contribution in [-0.2, 0) is 23.0 Å². The van der Waals surface area contributed by atoms with E-state index < -0.39 is 10.0 Å². The molecule has 1 atom stereocenters. The molecule has 1 aromatic heterocycles. The predicted molar refractivity (Wildman–Crippen MR) is 69.8 cm³/mol. The lowest BCUT2D eigenvalue weighted by atomic mass is 9.95. The third-order valence-corrected chi connectivity index (χ3v) is 4.78. The molecule has 0 spiro atoms. The molecule has 0 radical (unpaired) electrons. The molecule has 0 amide bonds. The molecular weight excluding hydrogens is 252 g/mol. The summed E-state index contributed by atoms with van der Waals surface area (Å²) in [6.07, 6.45) is 4.16. The first-order chi connectivity index (χ1) is 8.53. The smallest absolute Gasteiger partial charge is 0.213 e. The Balaban J connectivity index is 2.07. The van der Waals surface area contributed by atoms with E-state index in [0.717, 1.165) is 30.5 Å². The number of hydrogen-bond donors (Lipinski definition) is 2. The summed E-state index contributed by atoms with van der Waals surface area (Å²) in [4.78, 5) is 0.